The highest BCUT2D eigenvalue weighted by Gasteiger charge is 2.16. The number of ether oxygens (including phenoxy) is 1. The van der Waals surface area contributed by atoms with Crippen LogP contribution >= 0.6 is 0 Å². The average molecular weight is 460 g/mol. The van der Waals surface area contributed by atoms with Crippen molar-refractivity contribution >= 4 is 17.5 Å². The van der Waals surface area contributed by atoms with Crippen molar-refractivity contribution < 1.29 is 23.2 Å². The van der Waals surface area contributed by atoms with Gasteiger partial charge in [-0.1, -0.05) is 12.1 Å². The van der Waals surface area contributed by atoms with Crippen LogP contribution in [-0.2, 0) is 17.8 Å². The second-order valence-electron chi connectivity index (χ2n) is 7.52. The fourth-order valence-corrected chi connectivity index (χ4v) is 3.28. The normalized spacial score (nSPS) is 10.6. The van der Waals surface area contributed by atoms with E-state index in [4.69, 9.17) is 13.6 Å². The van der Waals surface area contributed by atoms with Gasteiger partial charge in [0.05, 0.1) is 13.7 Å². The molecule has 0 atom stereocenters. The van der Waals surface area contributed by atoms with E-state index in [0.29, 0.717) is 41.4 Å². The topological polar surface area (TPSA) is 119 Å². The molecule has 0 unspecified atom stereocenters. The molecule has 3 heterocycles. The van der Waals surface area contributed by atoms with Crippen LogP contribution in [0.3, 0.4) is 0 Å². The van der Waals surface area contributed by atoms with E-state index in [9.17, 15) is 9.59 Å². The molecule has 0 radical (unpaired) electrons. The van der Waals surface area contributed by atoms with Gasteiger partial charge in [0.2, 0.25) is 11.8 Å². The lowest BCUT2D eigenvalue weighted by atomic mass is 10.1. The number of aryl methyl sites for hydroxylation is 2. The third-order valence-electron chi connectivity index (χ3n) is 5.07. The molecule has 4 aromatic rings. The monoisotopic (exact) mass is 460 g/mol. The quantitative estimate of drug-likeness (QED) is 0.385. The van der Waals surface area contributed by atoms with Crippen LogP contribution in [0.15, 0.2) is 69.8 Å². The predicted molar refractivity (Wildman–Crippen MR) is 124 cm³/mol. The average Bonchev–Trinajstić information content (AvgIpc) is 3.49. The highest BCUT2D eigenvalue weighted by atomic mass is 16.6. The molecule has 0 aliphatic rings. The van der Waals surface area contributed by atoms with Crippen LogP contribution in [0, 0.1) is 6.92 Å². The molecule has 0 spiro atoms. The Kier molecular flexibility index (Phi) is 7.02. The van der Waals surface area contributed by atoms with Gasteiger partial charge >= 0.3 is 0 Å². The summed E-state index contributed by atoms with van der Waals surface area (Å²) in [5, 5.41) is 5.65. The molecule has 0 saturated carbocycles. The zero-order valence-corrected chi connectivity index (χ0v) is 18.8. The fraction of sp³-hybridized carbons (Fsp3) is 0.200. The van der Waals surface area contributed by atoms with Crippen molar-refractivity contribution in [1.29, 1.82) is 0 Å². The molecule has 9 heteroatoms. The van der Waals surface area contributed by atoms with Crippen LogP contribution < -0.4 is 15.4 Å². The Morgan fingerprint density at radius 3 is 2.74 bits per heavy atom. The third-order valence-corrected chi connectivity index (χ3v) is 5.07. The van der Waals surface area contributed by atoms with Crippen LogP contribution in [0.1, 0.15) is 34.0 Å². The summed E-state index contributed by atoms with van der Waals surface area (Å²) in [7, 11) is 1.46. The van der Waals surface area contributed by atoms with Crippen LogP contribution in [0.4, 0.5) is 5.69 Å². The molecule has 4 rings (SSSR count). The van der Waals surface area contributed by atoms with Gasteiger partial charge in [-0.05, 0) is 49.2 Å². The molecule has 0 aliphatic heterocycles. The number of furan rings is 1. The first-order valence-corrected chi connectivity index (χ1v) is 10.7. The molecule has 0 saturated heterocycles. The molecule has 2 amide bonds. The van der Waals surface area contributed by atoms with Gasteiger partial charge in [-0.15, -0.1) is 0 Å². The number of pyridine rings is 1. The van der Waals surface area contributed by atoms with Crippen molar-refractivity contribution in [2.45, 2.75) is 26.3 Å². The van der Waals surface area contributed by atoms with Gasteiger partial charge in [0.15, 0.2) is 5.76 Å². The zero-order valence-electron chi connectivity index (χ0n) is 18.8. The lowest BCUT2D eigenvalue weighted by Gasteiger charge is -2.06. The highest BCUT2D eigenvalue weighted by Crippen LogP contribution is 2.25. The van der Waals surface area contributed by atoms with Crippen molar-refractivity contribution in [3.63, 3.8) is 0 Å². The molecule has 0 fully saturated rings. The molecular formula is C25H24N4O5. The van der Waals surface area contributed by atoms with Crippen LogP contribution in [0.5, 0.6) is 5.95 Å². The number of amides is 2. The summed E-state index contributed by atoms with van der Waals surface area (Å²) >= 11 is 0. The van der Waals surface area contributed by atoms with Crippen LogP contribution in [0.25, 0.3) is 11.5 Å². The van der Waals surface area contributed by atoms with E-state index in [0.717, 1.165) is 5.56 Å². The Morgan fingerprint density at radius 1 is 1.09 bits per heavy atom. The Bertz CT molecular complexity index is 1280. The van der Waals surface area contributed by atoms with Crippen LogP contribution in [0.2, 0.25) is 0 Å². The van der Waals surface area contributed by atoms with Gasteiger partial charge in [0, 0.05) is 36.1 Å². The number of aromatic nitrogens is 2. The Balaban J connectivity index is 1.37. The number of methoxy groups -OCH3 is 1. The van der Waals surface area contributed by atoms with E-state index in [1.807, 2.05) is 24.3 Å². The summed E-state index contributed by atoms with van der Waals surface area (Å²) in [6.07, 6.45) is 4.41. The minimum atomic E-state index is -0.386. The summed E-state index contributed by atoms with van der Waals surface area (Å²) in [4.78, 5) is 33.2. The van der Waals surface area contributed by atoms with Crippen molar-refractivity contribution in [2.24, 2.45) is 0 Å². The highest BCUT2D eigenvalue weighted by molar-refractivity contribution is 5.92. The van der Waals surface area contributed by atoms with Gasteiger partial charge < -0.3 is 24.2 Å². The van der Waals surface area contributed by atoms with E-state index >= 15 is 0 Å². The molecule has 174 valence electrons. The smallest absolute Gasteiger partial charge is 0.287 e. The van der Waals surface area contributed by atoms with Gasteiger partial charge in [-0.3, -0.25) is 14.6 Å². The first-order chi connectivity index (χ1) is 16.5. The minimum absolute atomic E-state index is 0.0949. The first-order valence-electron chi connectivity index (χ1n) is 10.7. The second kappa shape index (κ2) is 10.5. The van der Waals surface area contributed by atoms with Gasteiger partial charge in [-0.25, -0.2) is 4.98 Å². The van der Waals surface area contributed by atoms with E-state index in [2.05, 4.69) is 20.6 Å². The predicted octanol–water partition coefficient (Wildman–Crippen LogP) is 4.15. The molecule has 2 N–H and O–H groups in total. The molecule has 0 bridgehead atoms. The Labute approximate surface area is 196 Å². The molecule has 1 aromatic carbocycles. The summed E-state index contributed by atoms with van der Waals surface area (Å²) in [6.45, 7) is 1.94. The number of hydrogen-bond donors (Lipinski definition) is 2. The summed E-state index contributed by atoms with van der Waals surface area (Å²) in [6, 6.07) is 14.2. The standard InChI is InChI=1S/C25H24N4O5/c1-16-20(15-27-24(31)21-9-11-23(32-2)34-21)29-25(33-16)18-6-3-7-19(13-18)28-22(30)10-8-17-5-4-12-26-14-17/h3-7,9,11-14H,8,10,15H2,1-2H3,(H,27,31)(H,28,30). The van der Waals surface area contributed by atoms with Crippen molar-refractivity contribution in [3.05, 3.63) is 83.7 Å². The molecule has 9 nitrogen and oxygen atoms in total. The number of hydrogen-bond acceptors (Lipinski definition) is 7. The lowest BCUT2D eigenvalue weighted by Crippen LogP contribution is -2.22. The maximum atomic E-state index is 12.4. The van der Waals surface area contributed by atoms with Crippen molar-refractivity contribution in [2.75, 3.05) is 12.4 Å². The fourth-order valence-electron chi connectivity index (χ4n) is 3.28. The maximum Gasteiger partial charge on any atom is 0.287 e. The van der Waals surface area contributed by atoms with E-state index in [-0.39, 0.29) is 30.1 Å². The molecule has 3 aromatic heterocycles. The third kappa shape index (κ3) is 5.69. The Hall–Kier alpha value is -4.40. The molecular weight excluding hydrogens is 436 g/mol. The summed E-state index contributed by atoms with van der Waals surface area (Å²) in [5.74, 6) is 0.899. The number of benzene rings is 1. The number of anilines is 1. The first kappa shape index (κ1) is 22.8. The number of oxazole rings is 1. The number of carbonyl (C=O) groups excluding carboxylic acids is 2. The number of nitrogens with zero attached hydrogens (tertiary/aromatic N) is 2. The SMILES string of the molecule is COc1ccc(C(=O)NCc2nc(-c3cccc(NC(=O)CCc4cccnc4)c3)oc2C)o1. The van der Waals surface area contributed by atoms with E-state index < -0.39 is 0 Å². The van der Waals surface area contributed by atoms with Crippen LogP contribution in [-0.4, -0.2) is 28.9 Å². The van der Waals surface area contributed by atoms with E-state index in [1.165, 1.54) is 13.2 Å². The van der Waals surface area contributed by atoms with Crippen molar-refractivity contribution in [1.82, 2.24) is 15.3 Å². The summed E-state index contributed by atoms with van der Waals surface area (Å²) < 4.78 is 16.0. The van der Waals surface area contributed by atoms with Gasteiger partial charge in [-0.2, -0.15) is 0 Å². The minimum Gasteiger partial charge on any atom is -0.468 e. The summed E-state index contributed by atoms with van der Waals surface area (Å²) in [5.41, 5.74) is 2.95. The lowest BCUT2D eigenvalue weighted by molar-refractivity contribution is -0.116. The molecule has 34 heavy (non-hydrogen) atoms. The van der Waals surface area contributed by atoms with Crippen molar-refractivity contribution in [3.8, 4) is 17.4 Å². The molecule has 0 aliphatic carbocycles. The van der Waals surface area contributed by atoms with Gasteiger partial charge in [0.25, 0.3) is 11.9 Å². The second-order valence-corrected chi connectivity index (χ2v) is 7.52. The van der Waals surface area contributed by atoms with Gasteiger partial charge in [0.1, 0.15) is 11.5 Å². The Morgan fingerprint density at radius 2 is 1.97 bits per heavy atom. The number of nitrogens with one attached hydrogen (secondary N) is 2. The maximum absolute atomic E-state index is 12.4. The van der Waals surface area contributed by atoms with E-state index in [1.54, 1.807) is 37.5 Å². The number of carbonyl (C=O) groups is 2. The largest absolute Gasteiger partial charge is 0.468 e. The zero-order chi connectivity index (χ0) is 23.9. The number of rotatable bonds is 9.